The van der Waals surface area contributed by atoms with Crippen LogP contribution in [0.3, 0.4) is 0 Å². The maximum absolute atomic E-state index is 4.93. The van der Waals surface area contributed by atoms with E-state index in [1.807, 2.05) is 18.0 Å². The van der Waals surface area contributed by atoms with Gasteiger partial charge in [0, 0.05) is 0 Å². The summed E-state index contributed by atoms with van der Waals surface area (Å²) < 4.78 is 0. The van der Waals surface area contributed by atoms with Crippen LogP contribution in [0.2, 0.25) is 17.3 Å². The summed E-state index contributed by atoms with van der Waals surface area (Å²) in [6, 6.07) is 18.1. The second kappa shape index (κ2) is 6.89. The first-order chi connectivity index (χ1) is 13.8. The maximum atomic E-state index is 4.93. The number of benzene rings is 3. The topological polar surface area (TPSA) is 12.9 Å². The van der Waals surface area contributed by atoms with Gasteiger partial charge in [-0.3, -0.25) is 0 Å². The van der Waals surface area contributed by atoms with Crippen molar-refractivity contribution in [2.45, 2.75) is 52.1 Å². The van der Waals surface area contributed by atoms with Crippen molar-refractivity contribution in [3.8, 4) is 11.3 Å². The van der Waals surface area contributed by atoms with Crippen LogP contribution >= 0.6 is 11.8 Å². The van der Waals surface area contributed by atoms with Crippen molar-refractivity contribution in [2.75, 3.05) is 0 Å². The van der Waals surface area contributed by atoms with E-state index in [-0.39, 0.29) is 0 Å². The molecule has 146 valence electrons. The van der Waals surface area contributed by atoms with E-state index in [4.69, 9.17) is 4.98 Å². The van der Waals surface area contributed by atoms with Crippen LogP contribution in [0.5, 0.6) is 0 Å². The standard InChI is InChI=1S/C26H27GeNS/c1-16(2)22-20-9-7-6-8-18(20)14-21-24-23-17(12-13-28-24)10-11-19(15-27(3,4)5)25(23)29-26(21)22/h6-14,16H,15H2,1-5H3. The van der Waals surface area contributed by atoms with Crippen LogP contribution < -0.4 is 0 Å². The Morgan fingerprint density at radius 3 is 2.48 bits per heavy atom. The van der Waals surface area contributed by atoms with Crippen LogP contribution in [-0.2, 0) is 5.25 Å². The van der Waals surface area contributed by atoms with Crippen LogP contribution in [0.4, 0.5) is 0 Å². The Labute approximate surface area is 180 Å². The first-order valence-corrected chi connectivity index (χ1v) is 19.1. The predicted octanol–water partition coefficient (Wildman–Crippen LogP) is 8.06. The van der Waals surface area contributed by atoms with Gasteiger partial charge in [0.05, 0.1) is 0 Å². The van der Waals surface area contributed by atoms with Gasteiger partial charge in [-0.2, -0.15) is 0 Å². The summed E-state index contributed by atoms with van der Waals surface area (Å²) in [7, 11) is 0. The van der Waals surface area contributed by atoms with Crippen LogP contribution in [0.15, 0.2) is 64.5 Å². The molecule has 1 aromatic heterocycles. The Morgan fingerprint density at radius 1 is 0.931 bits per heavy atom. The number of aromatic nitrogens is 1. The summed E-state index contributed by atoms with van der Waals surface area (Å²) in [5, 5.41) is 6.63. The zero-order valence-electron chi connectivity index (χ0n) is 17.8. The van der Waals surface area contributed by atoms with Gasteiger partial charge in [-0.25, -0.2) is 0 Å². The number of rotatable bonds is 3. The van der Waals surface area contributed by atoms with E-state index in [0.717, 1.165) is 0 Å². The SMILES string of the molecule is CC(C)c1c2c(cc3ccccc13)-c1nccc3ccc([CH2][Ge]([CH3])([CH3])[CH3])c(c13)S2. The Bertz CT molecular complexity index is 1270. The molecule has 0 unspecified atom stereocenters. The second-order valence-corrected chi connectivity index (χ2v) is 22.2. The number of fused-ring (bicyclic) bond motifs is 3. The fraction of sp³-hybridized carbons (Fsp3) is 0.269. The zero-order chi connectivity index (χ0) is 20.3. The van der Waals surface area contributed by atoms with E-state index in [1.54, 1.807) is 0 Å². The van der Waals surface area contributed by atoms with Gasteiger partial charge < -0.3 is 0 Å². The van der Waals surface area contributed by atoms with Crippen molar-refractivity contribution in [1.29, 1.82) is 0 Å². The van der Waals surface area contributed by atoms with Crippen LogP contribution in [0.1, 0.15) is 30.9 Å². The first-order valence-electron chi connectivity index (χ1n) is 10.5. The van der Waals surface area contributed by atoms with Gasteiger partial charge in [0.1, 0.15) is 0 Å². The van der Waals surface area contributed by atoms with E-state index >= 15 is 0 Å². The van der Waals surface area contributed by atoms with Crippen molar-refractivity contribution in [2.24, 2.45) is 0 Å². The number of hydrogen-bond donors (Lipinski definition) is 0. The van der Waals surface area contributed by atoms with Crippen molar-refractivity contribution in [3.63, 3.8) is 0 Å². The van der Waals surface area contributed by atoms with Crippen LogP contribution in [0, 0.1) is 0 Å². The molecule has 3 aromatic carbocycles. The molecule has 5 rings (SSSR count). The fourth-order valence-electron chi connectivity index (χ4n) is 4.63. The molecule has 1 aliphatic heterocycles. The molecule has 0 aliphatic carbocycles. The Morgan fingerprint density at radius 2 is 1.72 bits per heavy atom. The number of hydrogen-bond acceptors (Lipinski definition) is 2. The second-order valence-electron chi connectivity index (χ2n) is 9.69. The van der Waals surface area contributed by atoms with Gasteiger partial charge in [0.2, 0.25) is 0 Å². The summed E-state index contributed by atoms with van der Waals surface area (Å²) in [5.74, 6) is 8.00. The molecule has 1 aliphatic rings. The Hall–Kier alpha value is -1.78. The summed E-state index contributed by atoms with van der Waals surface area (Å²) in [6.45, 7) is 4.64. The molecule has 0 amide bonds. The zero-order valence-corrected chi connectivity index (χ0v) is 20.8. The van der Waals surface area contributed by atoms with E-state index in [2.05, 4.69) is 79.6 Å². The van der Waals surface area contributed by atoms with Gasteiger partial charge in [-0.15, -0.1) is 0 Å². The van der Waals surface area contributed by atoms with Crippen LogP contribution in [0.25, 0.3) is 32.8 Å². The fourth-order valence-corrected chi connectivity index (χ4v) is 9.43. The van der Waals surface area contributed by atoms with Gasteiger partial charge in [-0.1, -0.05) is 0 Å². The minimum absolute atomic E-state index is 0.468. The molecule has 29 heavy (non-hydrogen) atoms. The molecular formula is C26H27GeNS. The van der Waals surface area contributed by atoms with Gasteiger partial charge in [0.15, 0.2) is 0 Å². The summed E-state index contributed by atoms with van der Waals surface area (Å²) in [6.07, 6.45) is 1.98. The molecule has 0 radical (unpaired) electrons. The molecule has 0 spiro atoms. The minimum atomic E-state index is -1.75. The molecule has 2 heterocycles. The summed E-state index contributed by atoms with van der Waals surface area (Å²) >= 11 is 0.254. The molecule has 4 aromatic rings. The molecule has 0 bridgehead atoms. The molecule has 1 nitrogen and oxygen atoms in total. The number of nitrogens with zero attached hydrogens (tertiary/aromatic N) is 1. The van der Waals surface area contributed by atoms with E-state index in [9.17, 15) is 0 Å². The van der Waals surface area contributed by atoms with Crippen molar-refractivity contribution >= 4 is 46.6 Å². The number of pyridine rings is 1. The normalized spacial score (nSPS) is 13.3. The third-order valence-electron chi connectivity index (χ3n) is 5.76. The van der Waals surface area contributed by atoms with Gasteiger partial charge in [-0.05, 0) is 0 Å². The molecule has 0 saturated carbocycles. The molecular weight excluding hydrogens is 431 g/mol. The Balaban J connectivity index is 1.89. The monoisotopic (exact) mass is 459 g/mol. The van der Waals surface area contributed by atoms with Crippen LogP contribution in [-0.4, -0.2) is 18.3 Å². The van der Waals surface area contributed by atoms with E-state index in [1.165, 1.54) is 59.0 Å². The molecule has 0 atom stereocenters. The van der Waals surface area contributed by atoms with E-state index < -0.39 is 13.3 Å². The third kappa shape index (κ3) is 3.21. The molecule has 0 fully saturated rings. The van der Waals surface area contributed by atoms with Gasteiger partial charge in [0.25, 0.3) is 0 Å². The summed E-state index contributed by atoms with van der Waals surface area (Å²) in [5.41, 5.74) is 5.48. The molecule has 0 saturated heterocycles. The quantitative estimate of drug-likeness (QED) is 0.254. The van der Waals surface area contributed by atoms with Gasteiger partial charge >= 0.3 is 181 Å². The van der Waals surface area contributed by atoms with Crippen molar-refractivity contribution in [3.05, 3.63) is 65.9 Å². The summed E-state index contributed by atoms with van der Waals surface area (Å²) in [4.78, 5) is 7.80. The first kappa shape index (κ1) is 19.2. The van der Waals surface area contributed by atoms with Crippen molar-refractivity contribution < 1.29 is 0 Å². The Kier molecular flexibility index (Phi) is 4.56. The van der Waals surface area contributed by atoms with Crippen molar-refractivity contribution in [1.82, 2.24) is 4.98 Å². The molecule has 3 heteroatoms. The predicted molar refractivity (Wildman–Crippen MR) is 130 cm³/mol. The van der Waals surface area contributed by atoms with E-state index in [0.29, 0.717) is 5.92 Å². The third-order valence-corrected chi connectivity index (χ3v) is 10.1. The average molecular weight is 458 g/mol. The molecule has 0 N–H and O–H groups in total. The average Bonchev–Trinajstić information content (AvgIpc) is 2.67.